The first-order chi connectivity index (χ1) is 11.6. The van der Waals surface area contributed by atoms with Gasteiger partial charge in [-0.1, -0.05) is 48.5 Å². The van der Waals surface area contributed by atoms with Crippen LogP contribution in [0.5, 0.6) is 5.75 Å². The Morgan fingerprint density at radius 2 is 1.58 bits per heavy atom. The lowest BCUT2D eigenvalue weighted by atomic mass is 10.0. The molecule has 120 valence electrons. The van der Waals surface area contributed by atoms with E-state index in [0.29, 0.717) is 17.9 Å². The Morgan fingerprint density at radius 1 is 0.917 bits per heavy atom. The number of hydrogen-bond acceptors (Lipinski definition) is 2. The lowest BCUT2D eigenvalue weighted by Crippen LogP contribution is -2.00. The van der Waals surface area contributed by atoms with Crippen molar-refractivity contribution in [2.75, 3.05) is 0 Å². The topological polar surface area (TPSA) is 46.5 Å². The molecule has 3 nitrogen and oxygen atoms in total. The van der Waals surface area contributed by atoms with E-state index in [1.165, 1.54) is 12.1 Å². The fourth-order valence-electron chi connectivity index (χ4n) is 2.35. The minimum absolute atomic E-state index is 0.336. The van der Waals surface area contributed by atoms with Crippen LogP contribution in [-0.2, 0) is 6.61 Å². The fourth-order valence-corrected chi connectivity index (χ4v) is 2.35. The average molecular weight is 322 g/mol. The number of benzene rings is 3. The molecular weight excluding hydrogens is 307 g/mol. The van der Waals surface area contributed by atoms with Crippen molar-refractivity contribution in [2.45, 2.75) is 6.61 Å². The standard InChI is InChI=1S/C20H15FO3/c21-19-11-8-16(12-18(19)20(22)23)15-6-9-17(10-7-15)24-13-14-4-2-1-3-5-14/h1-12H,13H2,(H,22,23). The molecule has 24 heavy (non-hydrogen) atoms. The molecule has 3 rings (SSSR count). The van der Waals surface area contributed by atoms with Crippen molar-refractivity contribution in [1.82, 2.24) is 0 Å². The fraction of sp³-hybridized carbons (Fsp3) is 0.0500. The van der Waals surface area contributed by atoms with E-state index in [-0.39, 0.29) is 5.56 Å². The van der Waals surface area contributed by atoms with E-state index < -0.39 is 11.8 Å². The lowest BCUT2D eigenvalue weighted by Gasteiger charge is -2.08. The van der Waals surface area contributed by atoms with Gasteiger partial charge in [0.25, 0.3) is 0 Å². The largest absolute Gasteiger partial charge is 0.489 e. The van der Waals surface area contributed by atoms with Crippen molar-refractivity contribution >= 4 is 5.97 Å². The number of carboxylic acid groups (broad SMARTS) is 1. The van der Waals surface area contributed by atoms with E-state index in [4.69, 9.17) is 9.84 Å². The summed E-state index contributed by atoms with van der Waals surface area (Å²) in [6, 6.07) is 21.1. The van der Waals surface area contributed by atoms with Gasteiger partial charge in [-0.15, -0.1) is 0 Å². The van der Waals surface area contributed by atoms with Gasteiger partial charge in [0, 0.05) is 0 Å². The van der Waals surface area contributed by atoms with Gasteiger partial charge >= 0.3 is 5.97 Å². The van der Waals surface area contributed by atoms with Crippen LogP contribution in [0.2, 0.25) is 0 Å². The Hall–Kier alpha value is -3.14. The van der Waals surface area contributed by atoms with E-state index in [1.54, 1.807) is 6.07 Å². The molecule has 3 aromatic carbocycles. The van der Waals surface area contributed by atoms with Gasteiger partial charge < -0.3 is 9.84 Å². The second kappa shape index (κ2) is 6.96. The average Bonchev–Trinajstić information content (AvgIpc) is 2.61. The number of hydrogen-bond donors (Lipinski definition) is 1. The summed E-state index contributed by atoms with van der Waals surface area (Å²) in [4.78, 5) is 11.0. The van der Waals surface area contributed by atoms with Gasteiger partial charge in [-0.05, 0) is 41.0 Å². The van der Waals surface area contributed by atoms with Gasteiger partial charge in [0.2, 0.25) is 0 Å². The first-order valence-electron chi connectivity index (χ1n) is 7.43. The van der Waals surface area contributed by atoms with Crippen LogP contribution in [0, 0.1) is 5.82 Å². The van der Waals surface area contributed by atoms with Crippen LogP contribution in [0.25, 0.3) is 11.1 Å². The van der Waals surface area contributed by atoms with Crippen molar-refractivity contribution < 1.29 is 19.0 Å². The maximum atomic E-state index is 13.5. The monoisotopic (exact) mass is 322 g/mol. The van der Waals surface area contributed by atoms with Crippen molar-refractivity contribution in [3.63, 3.8) is 0 Å². The molecule has 0 heterocycles. The molecule has 4 heteroatoms. The predicted octanol–water partition coefficient (Wildman–Crippen LogP) is 4.77. The molecule has 0 unspecified atom stereocenters. The summed E-state index contributed by atoms with van der Waals surface area (Å²) in [5.74, 6) is -1.31. The van der Waals surface area contributed by atoms with Crippen LogP contribution < -0.4 is 4.74 Å². The highest BCUT2D eigenvalue weighted by molar-refractivity contribution is 5.89. The van der Waals surface area contributed by atoms with E-state index in [1.807, 2.05) is 54.6 Å². The molecular formula is C20H15FO3. The third-order valence-electron chi connectivity index (χ3n) is 3.63. The van der Waals surface area contributed by atoms with Crippen LogP contribution in [-0.4, -0.2) is 11.1 Å². The molecule has 0 saturated heterocycles. The molecule has 0 aliphatic carbocycles. The Balaban J connectivity index is 1.75. The number of ether oxygens (including phenoxy) is 1. The van der Waals surface area contributed by atoms with Gasteiger partial charge in [0.05, 0.1) is 5.56 Å². The third-order valence-corrected chi connectivity index (χ3v) is 3.63. The predicted molar refractivity (Wildman–Crippen MR) is 89.6 cm³/mol. The highest BCUT2D eigenvalue weighted by Crippen LogP contribution is 2.25. The maximum absolute atomic E-state index is 13.5. The van der Waals surface area contributed by atoms with Gasteiger partial charge in [-0.2, -0.15) is 0 Å². The Bertz CT molecular complexity index is 843. The van der Waals surface area contributed by atoms with E-state index in [2.05, 4.69) is 0 Å². The van der Waals surface area contributed by atoms with E-state index in [0.717, 1.165) is 11.1 Å². The summed E-state index contributed by atoms with van der Waals surface area (Å²) < 4.78 is 19.2. The number of carbonyl (C=O) groups is 1. The van der Waals surface area contributed by atoms with Crippen LogP contribution in [0.15, 0.2) is 72.8 Å². The number of carboxylic acids is 1. The zero-order chi connectivity index (χ0) is 16.9. The van der Waals surface area contributed by atoms with Crippen LogP contribution >= 0.6 is 0 Å². The first kappa shape index (κ1) is 15.7. The molecule has 3 aromatic rings. The molecule has 0 spiro atoms. The van der Waals surface area contributed by atoms with Crippen molar-refractivity contribution in [2.24, 2.45) is 0 Å². The highest BCUT2D eigenvalue weighted by atomic mass is 19.1. The molecule has 0 bridgehead atoms. The lowest BCUT2D eigenvalue weighted by molar-refractivity contribution is 0.0692. The summed E-state index contributed by atoms with van der Waals surface area (Å²) in [5.41, 5.74) is 2.18. The van der Waals surface area contributed by atoms with Gasteiger partial charge in [-0.25, -0.2) is 9.18 Å². The minimum atomic E-state index is -1.28. The minimum Gasteiger partial charge on any atom is -0.489 e. The van der Waals surface area contributed by atoms with Crippen LogP contribution in [0.1, 0.15) is 15.9 Å². The second-order valence-electron chi connectivity index (χ2n) is 5.30. The molecule has 1 N–H and O–H groups in total. The second-order valence-corrected chi connectivity index (χ2v) is 5.30. The third kappa shape index (κ3) is 3.60. The summed E-state index contributed by atoms with van der Waals surface area (Å²) in [7, 11) is 0. The Labute approximate surface area is 139 Å². The van der Waals surface area contributed by atoms with Gasteiger partial charge in [0.1, 0.15) is 18.2 Å². The SMILES string of the molecule is O=C(O)c1cc(-c2ccc(OCc3ccccc3)cc2)ccc1F. The maximum Gasteiger partial charge on any atom is 0.338 e. The highest BCUT2D eigenvalue weighted by Gasteiger charge is 2.11. The summed E-state index contributed by atoms with van der Waals surface area (Å²) in [6.45, 7) is 0.472. The number of aromatic carboxylic acids is 1. The Kier molecular flexibility index (Phi) is 4.57. The molecule has 0 aromatic heterocycles. The zero-order valence-electron chi connectivity index (χ0n) is 12.8. The first-order valence-corrected chi connectivity index (χ1v) is 7.43. The van der Waals surface area contributed by atoms with Crippen LogP contribution in [0.4, 0.5) is 4.39 Å². The smallest absolute Gasteiger partial charge is 0.338 e. The van der Waals surface area contributed by atoms with Gasteiger partial charge in [0.15, 0.2) is 0 Å². The molecule has 0 aliphatic heterocycles. The number of halogens is 1. The molecule has 0 amide bonds. The molecule has 0 saturated carbocycles. The molecule has 0 fully saturated rings. The van der Waals surface area contributed by atoms with Crippen molar-refractivity contribution in [3.8, 4) is 16.9 Å². The summed E-state index contributed by atoms with van der Waals surface area (Å²) >= 11 is 0. The van der Waals surface area contributed by atoms with Crippen LogP contribution in [0.3, 0.4) is 0 Å². The Morgan fingerprint density at radius 3 is 2.25 bits per heavy atom. The van der Waals surface area contributed by atoms with Gasteiger partial charge in [-0.3, -0.25) is 0 Å². The molecule has 0 radical (unpaired) electrons. The normalized spacial score (nSPS) is 10.4. The van der Waals surface area contributed by atoms with Crippen molar-refractivity contribution in [3.05, 3.63) is 89.7 Å². The zero-order valence-corrected chi connectivity index (χ0v) is 12.8. The summed E-state index contributed by atoms with van der Waals surface area (Å²) in [5, 5.41) is 9.00. The number of rotatable bonds is 5. The van der Waals surface area contributed by atoms with E-state index >= 15 is 0 Å². The van der Waals surface area contributed by atoms with Crippen molar-refractivity contribution in [1.29, 1.82) is 0 Å². The summed E-state index contributed by atoms with van der Waals surface area (Å²) in [6.07, 6.45) is 0. The molecule has 0 aliphatic rings. The quantitative estimate of drug-likeness (QED) is 0.736. The van der Waals surface area contributed by atoms with E-state index in [9.17, 15) is 9.18 Å². The molecule has 0 atom stereocenters.